The summed E-state index contributed by atoms with van der Waals surface area (Å²) in [5.74, 6) is 0.0104. The lowest BCUT2D eigenvalue weighted by atomic mass is 10.3. The van der Waals surface area contributed by atoms with Crippen LogP contribution in [0.4, 0.5) is 0 Å². The van der Waals surface area contributed by atoms with Crippen molar-refractivity contribution in [1.29, 1.82) is 0 Å². The Morgan fingerprint density at radius 3 is 3.30 bits per heavy atom. The van der Waals surface area contributed by atoms with Crippen molar-refractivity contribution in [3.05, 3.63) is 17.5 Å². The van der Waals surface area contributed by atoms with Crippen LogP contribution in [0.25, 0.3) is 0 Å². The van der Waals surface area contributed by atoms with Crippen molar-refractivity contribution in [2.45, 2.75) is 6.54 Å². The van der Waals surface area contributed by atoms with Crippen LogP contribution in [0.2, 0.25) is 0 Å². The van der Waals surface area contributed by atoms with Crippen LogP contribution in [0.15, 0.2) is 6.20 Å². The summed E-state index contributed by atoms with van der Waals surface area (Å²) in [5, 5.41) is 6.47. The van der Waals surface area contributed by atoms with Crippen molar-refractivity contribution < 1.29 is 4.79 Å². The number of H-pyrrole nitrogens is 1. The maximum atomic E-state index is 11.1. The molecule has 0 aliphatic carbocycles. The second-order valence-electron chi connectivity index (χ2n) is 2.42. The summed E-state index contributed by atoms with van der Waals surface area (Å²) in [7, 11) is 1.77. The van der Waals surface area contributed by atoms with Gasteiger partial charge >= 0.3 is 0 Å². The summed E-state index contributed by atoms with van der Waals surface area (Å²) in [4.78, 5) is 12.7. The molecule has 0 saturated heterocycles. The largest absolute Gasteiger partial charge is 0.336 e. The topological polar surface area (TPSA) is 49.0 Å². The first-order chi connectivity index (χ1) is 4.79. The Morgan fingerprint density at radius 1 is 1.80 bits per heavy atom. The fraction of sp³-hybridized carbons (Fsp3) is 0.333. The molecule has 0 bridgehead atoms. The third-order valence-corrected chi connectivity index (χ3v) is 1.68. The average molecular weight is 137 g/mol. The highest BCUT2D eigenvalue weighted by atomic mass is 16.2. The molecule has 2 heterocycles. The second kappa shape index (κ2) is 1.59. The van der Waals surface area contributed by atoms with Crippen LogP contribution in [0, 0.1) is 0 Å². The fourth-order valence-electron chi connectivity index (χ4n) is 1.13. The molecule has 0 aromatic carbocycles. The number of carbonyl (C=O) groups is 1. The first-order valence-electron chi connectivity index (χ1n) is 3.07. The molecule has 1 aliphatic rings. The number of nitrogens with one attached hydrogen (secondary N) is 1. The molecular weight excluding hydrogens is 130 g/mol. The van der Waals surface area contributed by atoms with Gasteiger partial charge in [-0.1, -0.05) is 0 Å². The van der Waals surface area contributed by atoms with Gasteiger partial charge in [0.2, 0.25) is 0 Å². The van der Waals surface area contributed by atoms with Gasteiger partial charge in [0.1, 0.15) is 0 Å². The van der Waals surface area contributed by atoms with Crippen LogP contribution in [-0.2, 0) is 6.54 Å². The summed E-state index contributed by atoms with van der Waals surface area (Å²) < 4.78 is 0. The lowest BCUT2D eigenvalue weighted by molar-refractivity contribution is 0.0810. The van der Waals surface area contributed by atoms with E-state index in [9.17, 15) is 4.79 Å². The van der Waals surface area contributed by atoms with E-state index in [-0.39, 0.29) is 5.91 Å². The Kier molecular flexibility index (Phi) is 0.869. The molecule has 2 rings (SSSR count). The Labute approximate surface area is 57.8 Å². The first-order valence-corrected chi connectivity index (χ1v) is 3.07. The molecule has 4 nitrogen and oxygen atoms in total. The maximum Gasteiger partial charge on any atom is 0.274 e. The molecule has 1 aromatic heterocycles. The second-order valence-corrected chi connectivity index (χ2v) is 2.42. The number of aromatic amines is 1. The monoisotopic (exact) mass is 137 g/mol. The van der Waals surface area contributed by atoms with Crippen molar-refractivity contribution in [2.75, 3.05) is 7.05 Å². The molecule has 1 N–H and O–H groups in total. The maximum absolute atomic E-state index is 11.1. The predicted octanol–water partition coefficient (Wildman–Crippen LogP) is -0.00470. The molecule has 0 spiro atoms. The number of nitrogens with zero attached hydrogens (tertiary/aromatic N) is 2. The van der Waals surface area contributed by atoms with Gasteiger partial charge in [-0.2, -0.15) is 5.10 Å². The van der Waals surface area contributed by atoms with Crippen LogP contribution < -0.4 is 0 Å². The van der Waals surface area contributed by atoms with Crippen molar-refractivity contribution in [1.82, 2.24) is 15.1 Å². The highest BCUT2D eigenvalue weighted by Gasteiger charge is 2.26. The summed E-state index contributed by atoms with van der Waals surface area (Å²) in [5.41, 5.74) is 1.56. The lowest BCUT2D eigenvalue weighted by Gasteiger charge is -2.04. The van der Waals surface area contributed by atoms with Gasteiger partial charge in [-0.05, 0) is 0 Å². The number of aromatic nitrogens is 2. The third-order valence-electron chi connectivity index (χ3n) is 1.68. The summed E-state index contributed by atoms with van der Waals surface area (Å²) in [6.07, 6.45) is 1.76. The van der Waals surface area contributed by atoms with Crippen molar-refractivity contribution in [3.63, 3.8) is 0 Å². The fourth-order valence-corrected chi connectivity index (χ4v) is 1.13. The Morgan fingerprint density at radius 2 is 2.60 bits per heavy atom. The molecule has 1 amide bonds. The number of amides is 1. The van der Waals surface area contributed by atoms with E-state index in [0.717, 1.165) is 5.56 Å². The molecule has 10 heavy (non-hydrogen) atoms. The van der Waals surface area contributed by atoms with E-state index in [0.29, 0.717) is 12.2 Å². The molecule has 0 atom stereocenters. The minimum absolute atomic E-state index is 0.0104. The number of rotatable bonds is 0. The standard InChI is InChI=1S/C6H7N3O/c1-9-3-4-2-7-8-5(4)6(9)10/h2H,3H2,1H3,(H,7,8). The van der Waals surface area contributed by atoms with Gasteiger partial charge in [0.05, 0.1) is 0 Å². The van der Waals surface area contributed by atoms with Gasteiger partial charge < -0.3 is 4.90 Å². The van der Waals surface area contributed by atoms with Gasteiger partial charge in [0.15, 0.2) is 5.69 Å². The average Bonchev–Trinajstić information content (AvgIpc) is 2.41. The van der Waals surface area contributed by atoms with E-state index in [1.165, 1.54) is 0 Å². The highest BCUT2D eigenvalue weighted by Crippen LogP contribution is 2.17. The summed E-state index contributed by atoms with van der Waals surface area (Å²) in [6.45, 7) is 0.685. The van der Waals surface area contributed by atoms with Crippen LogP contribution in [0.3, 0.4) is 0 Å². The number of hydrogen-bond donors (Lipinski definition) is 1. The minimum Gasteiger partial charge on any atom is -0.336 e. The van der Waals surface area contributed by atoms with Crippen LogP contribution in [0.1, 0.15) is 16.1 Å². The number of hydrogen-bond acceptors (Lipinski definition) is 2. The first kappa shape index (κ1) is 5.46. The van der Waals surface area contributed by atoms with E-state index in [4.69, 9.17) is 0 Å². The van der Waals surface area contributed by atoms with Crippen LogP contribution >= 0.6 is 0 Å². The summed E-state index contributed by atoms with van der Waals surface area (Å²) in [6, 6.07) is 0. The summed E-state index contributed by atoms with van der Waals surface area (Å²) >= 11 is 0. The predicted molar refractivity (Wildman–Crippen MR) is 34.4 cm³/mol. The Hall–Kier alpha value is -1.32. The molecule has 0 fully saturated rings. The third kappa shape index (κ3) is 0.504. The van der Waals surface area contributed by atoms with E-state index < -0.39 is 0 Å². The van der Waals surface area contributed by atoms with Crippen LogP contribution in [0.5, 0.6) is 0 Å². The lowest BCUT2D eigenvalue weighted by Crippen LogP contribution is -2.18. The number of carbonyl (C=O) groups excluding carboxylic acids is 1. The quantitative estimate of drug-likeness (QED) is 0.547. The molecule has 52 valence electrons. The Bertz CT molecular complexity index is 278. The van der Waals surface area contributed by atoms with Crippen molar-refractivity contribution in [3.8, 4) is 0 Å². The molecule has 0 saturated carbocycles. The van der Waals surface area contributed by atoms with Crippen molar-refractivity contribution >= 4 is 5.91 Å². The molecule has 1 aromatic rings. The number of fused-ring (bicyclic) bond motifs is 1. The minimum atomic E-state index is 0.0104. The molecule has 0 unspecified atom stereocenters. The van der Waals surface area contributed by atoms with E-state index in [1.807, 2.05) is 0 Å². The van der Waals surface area contributed by atoms with Gasteiger partial charge in [-0.15, -0.1) is 0 Å². The molecule has 1 aliphatic heterocycles. The van der Waals surface area contributed by atoms with Crippen LogP contribution in [-0.4, -0.2) is 28.1 Å². The smallest absolute Gasteiger partial charge is 0.274 e. The molecule has 0 radical (unpaired) electrons. The zero-order chi connectivity index (χ0) is 7.14. The van der Waals surface area contributed by atoms with Gasteiger partial charge in [-0.25, -0.2) is 0 Å². The van der Waals surface area contributed by atoms with Crippen molar-refractivity contribution in [2.24, 2.45) is 0 Å². The zero-order valence-electron chi connectivity index (χ0n) is 5.59. The Balaban J connectivity index is 2.53. The van der Waals surface area contributed by atoms with Gasteiger partial charge in [0, 0.05) is 25.4 Å². The SMILES string of the molecule is CN1Cc2c[nH]nc2C1=O. The van der Waals surface area contributed by atoms with E-state index in [2.05, 4.69) is 10.2 Å². The van der Waals surface area contributed by atoms with Gasteiger partial charge in [-0.3, -0.25) is 9.89 Å². The molecule has 4 heteroatoms. The molecular formula is C6H7N3O. The van der Waals surface area contributed by atoms with E-state index >= 15 is 0 Å². The zero-order valence-corrected chi connectivity index (χ0v) is 5.59. The van der Waals surface area contributed by atoms with Gasteiger partial charge in [0.25, 0.3) is 5.91 Å². The normalized spacial score (nSPS) is 16.1. The highest BCUT2D eigenvalue weighted by molar-refractivity contribution is 5.96. The van der Waals surface area contributed by atoms with E-state index in [1.54, 1.807) is 18.1 Å².